The van der Waals surface area contributed by atoms with E-state index in [0.717, 1.165) is 4.57 Å². The van der Waals surface area contributed by atoms with Gasteiger partial charge >= 0.3 is 5.69 Å². The fraction of sp³-hybridized carbons (Fsp3) is 0.294. The molecule has 0 bridgehead atoms. The summed E-state index contributed by atoms with van der Waals surface area (Å²) >= 11 is 0. The Morgan fingerprint density at radius 2 is 1.88 bits per heavy atom. The van der Waals surface area contributed by atoms with Crippen molar-refractivity contribution in [2.75, 3.05) is 0 Å². The average molecular weight is 359 g/mol. The van der Waals surface area contributed by atoms with Crippen molar-refractivity contribution < 1.29 is 9.18 Å². The lowest BCUT2D eigenvalue weighted by atomic mass is 10.1. The summed E-state index contributed by atoms with van der Waals surface area (Å²) in [5.74, 6) is -0.866. The third kappa shape index (κ3) is 3.03. The monoisotopic (exact) mass is 359 g/mol. The molecule has 0 aliphatic heterocycles. The molecular formula is C17H18FN5O3. The van der Waals surface area contributed by atoms with Crippen LogP contribution in [0, 0.1) is 5.82 Å². The SMILES string of the molecule is CC(NC(=O)Cn1c(=O)c2c(ncn2C)n(C)c1=O)c1ccc(F)cc1. The number of aryl methyl sites for hydroxylation is 2. The molecular weight excluding hydrogens is 341 g/mol. The first-order valence-electron chi connectivity index (χ1n) is 7.95. The van der Waals surface area contributed by atoms with E-state index in [1.807, 2.05) is 0 Å². The maximum absolute atomic E-state index is 13.0. The van der Waals surface area contributed by atoms with Crippen LogP contribution in [0.3, 0.4) is 0 Å². The first kappa shape index (κ1) is 17.6. The number of imidazole rings is 1. The summed E-state index contributed by atoms with van der Waals surface area (Å²) in [6, 6.07) is 5.33. The molecule has 1 amide bonds. The van der Waals surface area contributed by atoms with Crippen LogP contribution in [0.25, 0.3) is 11.2 Å². The minimum absolute atomic E-state index is 0.242. The number of nitrogens with one attached hydrogen (secondary N) is 1. The van der Waals surface area contributed by atoms with Crippen molar-refractivity contribution in [3.05, 3.63) is 62.8 Å². The van der Waals surface area contributed by atoms with Crippen LogP contribution in [0.5, 0.6) is 0 Å². The molecule has 1 aromatic carbocycles. The molecule has 0 saturated carbocycles. The number of carbonyl (C=O) groups is 1. The molecule has 0 fully saturated rings. The van der Waals surface area contributed by atoms with Crippen molar-refractivity contribution in [2.45, 2.75) is 19.5 Å². The molecule has 26 heavy (non-hydrogen) atoms. The summed E-state index contributed by atoms with van der Waals surface area (Å²) in [6.45, 7) is 1.31. The van der Waals surface area contributed by atoms with Gasteiger partial charge in [-0.2, -0.15) is 0 Å². The topological polar surface area (TPSA) is 90.9 Å². The smallest absolute Gasteiger partial charge is 0.332 e. The number of amides is 1. The fourth-order valence-electron chi connectivity index (χ4n) is 2.80. The van der Waals surface area contributed by atoms with Crippen LogP contribution in [0.4, 0.5) is 4.39 Å². The van der Waals surface area contributed by atoms with Gasteiger partial charge in [0.2, 0.25) is 5.91 Å². The highest BCUT2D eigenvalue weighted by atomic mass is 19.1. The third-order valence-electron chi connectivity index (χ3n) is 4.25. The Morgan fingerprint density at radius 3 is 2.54 bits per heavy atom. The molecule has 136 valence electrons. The predicted molar refractivity (Wildman–Crippen MR) is 93.2 cm³/mol. The van der Waals surface area contributed by atoms with E-state index in [0.29, 0.717) is 5.56 Å². The van der Waals surface area contributed by atoms with Crippen LogP contribution >= 0.6 is 0 Å². The largest absolute Gasteiger partial charge is 0.348 e. The van der Waals surface area contributed by atoms with Gasteiger partial charge < -0.3 is 9.88 Å². The number of benzene rings is 1. The number of hydrogen-bond donors (Lipinski definition) is 1. The van der Waals surface area contributed by atoms with Gasteiger partial charge in [0.15, 0.2) is 11.2 Å². The highest BCUT2D eigenvalue weighted by Crippen LogP contribution is 2.12. The van der Waals surface area contributed by atoms with E-state index in [-0.39, 0.29) is 17.0 Å². The molecule has 1 atom stereocenters. The van der Waals surface area contributed by atoms with Gasteiger partial charge in [0.25, 0.3) is 5.56 Å². The lowest BCUT2D eigenvalue weighted by Gasteiger charge is -2.15. The van der Waals surface area contributed by atoms with E-state index >= 15 is 0 Å². The summed E-state index contributed by atoms with van der Waals surface area (Å²) in [5.41, 5.74) is 0.0193. The van der Waals surface area contributed by atoms with Crippen LogP contribution in [-0.4, -0.2) is 24.6 Å². The number of hydrogen-bond acceptors (Lipinski definition) is 4. The lowest BCUT2D eigenvalue weighted by molar-refractivity contribution is -0.122. The predicted octanol–water partition coefficient (Wildman–Crippen LogP) is 0.450. The van der Waals surface area contributed by atoms with Gasteiger partial charge in [-0.1, -0.05) is 12.1 Å². The van der Waals surface area contributed by atoms with E-state index in [2.05, 4.69) is 10.3 Å². The summed E-state index contributed by atoms with van der Waals surface area (Å²) in [7, 11) is 3.13. The van der Waals surface area contributed by atoms with Crippen LogP contribution in [-0.2, 0) is 25.4 Å². The summed E-state index contributed by atoms with van der Waals surface area (Å²) < 4.78 is 16.6. The number of nitrogens with zero attached hydrogens (tertiary/aromatic N) is 4. The van der Waals surface area contributed by atoms with E-state index in [4.69, 9.17) is 0 Å². The molecule has 0 saturated heterocycles. The molecule has 0 aliphatic rings. The van der Waals surface area contributed by atoms with Crippen LogP contribution in [0.15, 0.2) is 40.2 Å². The summed E-state index contributed by atoms with van der Waals surface area (Å²) in [6.07, 6.45) is 1.44. The molecule has 2 aromatic heterocycles. The molecule has 8 nitrogen and oxygen atoms in total. The molecule has 0 spiro atoms. The van der Waals surface area contributed by atoms with Gasteiger partial charge in [-0.05, 0) is 24.6 Å². The second kappa shape index (κ2) is 6.58. The Labute approximate surface area is 147 Å². The van der Waals surface area contributed by atoms with Gasteiger partial charge in [0.05, 0.1) is 12.4 Å². The number of aromatic nitrogens is 4. The highest BCUT2D eigenvalue weighted by molar-refractivity contribution is 5.77. The maximum atomic E-state index is 13.0. The van der Waals surface area contributed by atoms with Crippen LogP contribution < -0.4 is 16.6 Å². The van der Waals surface area contributed by atoms with Crippen molar-refractivity contribution in [3.8, 4) is 0 Å². The van der Waals surface area contributed by atoms with Crippen molar-refractivity contribution in [2.24, 2.45) is 14.1 Å². The van der Waals surface area contributed by atoms with Gasteiger partial charge in [-0.25, -0.2) is 18.7 Å². The number of halogens is 1. The Morgan fingerprint density at radius 1 is 1.23 bits per heavy atom. The molecule has 0 aliphatic carbocycles. The molecule has 1 unspecified atom stereocenters. The normalized spacial score (nSPS) is 12.3. The first-order valence-corrected chi connectivity index (χ1v) is 7.95. The molecule has 9 heteroatoms. The highest BCUT2D eigenvalue weighted by Gasteiger charge is 2.18. The zero-order valence-corrected chi connectivity index (χ0v) is 14.6. The van der Waals surface area contributed by atoms with Gasteiger partial charge in [0.1, 0.15) is 12.4 Å². The first-order chi connectivity index (χ1) is 12.3. The van der Waals surface area contributed by atoms with Crippen LogP contribution in [0.1, 0.15) is 18.5 Å². The Hall–Kier alpha value is -3.23. The molecule has 3 aromatic rings. The Kier molecular flexibility index (Phi) is 4.45. The second-order valence-electron chi connectivity index (χ2n) is 6.10. The molecule has 3 rings (SSSR count). The van der Waals surface area contributed by atoms with Gasteiger partial charge in [-0.3, -0.25) is 14.2 Å². The van der Waals surface area contributed by atoms with Crippen molar-refractivity contribution >= 4 is 17.1 Å². The van der Waals surface area contributed by atoms with E-state index < -0.39 is 29.7 Å². The van der Waals surface area contributed by atoms with Crippen LogP contribution in [0.2, 0.25) is 0 Å². The van der Waals surface area contributed by atoms with Gasteiger partial charge in [-0.15, -0.1) is 0 Å². The number of rotatable bonds is 4. The minimum Gasteiger partial charge on any atom is -0.348 e. The third-order valence-corrected chi connectivity index (χ3v) is 4.25. The number of carbonyl (C=O) groups excluding carboxylic acids is 1. The minimum atomic E-state index is -0.620. The van der Waals surface area contributed by atoms with Crippen molar-refractivity contribution in [3.63, 3.8) is 0 Å². The Bertz CT molecular complexity index is 1090. The maximum Gasteiger partial charge on any atom is 0.332 e. The fourth-order valence-corrected chi connectivity index (χ4v) is 2.80. The zero-order valence-electron chi connectivity index (χ0n) is 14.6. The second-order valence-corrected chi connectivity index (χ2v) is 6.10. The van der Waals surface area contributed by atoms with E-state index in [1.54, 1.807) is 26.1 Å². The van der Waals surface area contributed by atoms with Crippen molar-refractivity contribution in [1.82, 2.24) is 24.0 Å². The Balaban J connectivity index is 1.88. The average Bonchev–Trinajstić information content (AvgIpc) is 2.99. The summed E-state index contributed by atoms with van der Waals surface area (Å²) in [5, 5.41) is 2.70. The van der Waals surface area contributed by atoms with E-state index in [1.165, 1.54) is 34.6 Å². The van der Waals surface area contributed by atoms with Crippen molar-refractivity contribution in [1.29, 1.82) is 0 Å². The number of fused-ring (bicyclic) bond motifs is 1. The quantitative estimate of drug-likeness (QED) is 0.732. The van der Waals surface area contributed by atoms with Gasteiger partial charge in [0, 0.05) is 14.1 Å². The molecule has 0 radical (unpaired) electrons. The standard InChI is InChI=1S/C17H18FN5O3/c1-10(11-4-6-12(18)7-5-11)20-13(24)8-23-16(25)14-15(19-9-21(14)2)22(3)17(23)26/h4-7,9-10H,8H2,1-3H3,(H,20,24). The summed E-state index contributed by atoms with van der Waals surface area (Å²) in [4.78, 5) is 41.3. The lowest BCUT2D eigenvalue weighted by Crippen LogP contribution is -2.43. The van der Waals surface area contributed by atoms with E-state index in [9.17, 15) is 18.8 Å². The molecule has 2 heterocycles. The molecule has 1 N–H and O–H groups in total. The zero-order chi connectivity index (χ0) is 19.0.